The summed E-state index contributed by atoms with van der Waals surface area (Å²) in [7, 11) is 0. The highest BCUT2D eigenvalue weighted by molar-refractivity contribution is 5.69. The second kappa shape index (κ2) is 4.65. The van der Waals surface area contributed by atoms with E-state index in [4.69, 9.17) is 4.74 Å². The third-order valence-electron chi connectivity index (χ3n) is 4.31. The molecule has 1 amide bonds. The fourth-order valence-electron chi connectivity index (χ4n) is 3.15. The largest absolute Gasteiger partial charge is 0.508 e. The van der Waals surface area contributed by atoms with Crippen molar-refractivity contribution in [1.82, 2.24) is 4.90 Å². The van der Waals surface area contributed by atoms with E-state index in [0.717, 1.165) is 25.8 Å². The summed E-state index contributed by atoms with van der Waals surface area (Å²) in [5, 5.41) is 9.69. The van der Waals surface area contributed by atoms with Crippen LogP contribution in [0.2, 0.25) is 0 Å². The van der Waals surface area contributed by atoms with Gasteiger partial charge in [-0.1, -0.05) is 6.07 Å². The smallest absolute Gasteiger partial charge is 0.410 e. The lowest BCUT2D eigenvalue weighted by Crippen LogP contribution is -2.40. The predicted octanol–water partition coefficient (Wildman–Crippen LogP) is 3.22. The van der Waals surface area contributed by atoms with E-state index in [2.05, 4.69) is 0 Å². The third kappa shape index (κ3) is 2.85. The summed E-state index contributed by atoms with van der Waals surface area (Å²) in [6.07, 6.45) is 2.74. The molecule has 0 saturated heterocycles. The SMILES string of the molecule is CC(C)(C)OC(=O)N1CCc2cc(O)ccc2C2(CC2)C1. The molecule has 1 aliphatic carbocycles. The Bertz CT molecular complexity index is 570. The van der Waals surface area contributed by atoms with E-state index < -0.39 is 5.60 Å². The fourth-order valence-corrected chi connectivity index (χ4v) is 3.15. The molecule has 1 heterocycles. The number of hydrogen-bond donors (Lipinski definition) is 1. The summed E-state index contributed by atoms with van der Waals surface area (Å²) >= 11 is 0. The number of aromatic hydroxyl groups is 1. The van der Waals surface area contributed by atoms with Gasteiger partial charge in [-0.3, -0.25) is 0 Å². The maximum atomic E-state index is 12.4. The predicted molar refractivity (Wildman–Crippen MR) is 80.5 cm³/mol. The Hall–Kier alpha value is -1.71. The van der Waals surface area contributed by atoms with E-state index in [9.17, 15) is 9.90 Å². The van der Waals surface area contributed by atoms with Gasteiger partial charge >= 0.3 is 6.09 Å². The van der Waals surface area contributed by atoms with Gasteiger partial charge in [-0.15, -0.1) is 0 Å². The molecule has 1 aliphatic heterocycles. The molecule has 1 spiro atoms. The second-order valence-corrected chi connectivity index (χ2v) is 7.27. The van der Waals surface area contributed by atoms with E-state index in [1.165, 1.54) is 11.1 Å². The van der Waals surface area contributed by atoms with Gasteiger partial charge in [0.1, 0.15) is 11.4 Å². The van der Waals surface area contributed by atoms with Crippen molar-refractivity contribution in [2.24, 2.45) is 0 Å². The number of amides is 1. The molecule has 1 saturated carbocycles. The van der Waals surface area contributed by atoms with Gasteiger partial charge in [0.15, 0.2) is 0 Å². The molecule has 2 aliphatic rings. The van der Waals surface area contributed by atoms with E-state index >= 15 is 0 Å². The lowest BCUT2D eigenvalue weighted by molar-refractivity contribution is 0.0240. The van der Waals surface area contributed by atoms with Gasteiger partial charge in [-0.2, -0.15) is 0 Å². The van der Waals surface area contributed by atoms with Crippen molar-refractivity contribution in [3.63, 3.8) is 0 Å². The molecule has 0 atom stereocenters. The standard InChI is InChI=1S/C17H23NO3/c1-16(2,3)21-15(20)18-9-6-12-10-13(19)4-5-14(12)17(11-18)7-8-17/h4-5,10,19H,6-9,11H2,1-3H3. The number of rotatable bonds is 0. The molecule has 1 aromatic carbocycles. The molecule has 1 N–H and O–H groups in total. The average Bonchev–Trinajstić information content (AvgIpc) is 3.14. The molecule has 114 valence electrons. The van der Waals surface area contributed by atoms with Crippen molar-refractivity contribution in [2.45, 2.75) is 51.0 Å². The number of phenolic OH excluding ortho intramolecular Hbond substituents is 1. The van der Waals surface area contributed by atoms with Crippen LogP contribution < -0.4 is 0 Å². The molecule has 1 fully saturated rings. The first-order valence-corrected chi connectivity index (χ1v) is 7.59. The van der Waals surface area contributed by atoms with Crippen LogP contribution >= 0.6 is 0 Å². The van der Waals surface area contributed by atoms with Gasteiger partial charge < -0.3 is 14.7 Å². The maximum absolute atomic E-state index is 12.4. The Morgan fingerprint density at radius 1 is 1.33 bits per heavy atom. The van der Waals surface area contributed by atoms with Crippen molar-refractivity contribution in [3.05, 3.63) is 29.3 Å². The molecular weight excluding hydrogens is 266 g/mol. The number of fused-ring (bicyclic) bond motifs is 2. The van der Waals surface area contributed by atoms with E-state index in [-0.39, 0.29) is 11.5 Å². The lowest BCUT2D eigenvalue weighted by atomic mass is 9.91. The second-order valence-electron chi connectivity index (χ2n) is 7.27. The van der Waals surface area contributed by atoms with Gasteiger partial charge in [0.2, 0.25) is 0 Å². The number of carbonyl (C=O) groups is 1. The summed E-state index contributed by atoms with van der Waals surface area (Å²) in [6, 6.07) is 5.62. The third-order valence-corrected chi connectivity index (χ3v) is 4.31. The van der Waals surface area contributed by atoms with Crippen molar-refractivity contribution >= 4 is 6.09 Å². The van der Waals surface area contributed by atoms with Gasteiger partial charge in [-0.05, 0) is 63.3 Å². The lowest BCUT2D eigenvalue weighted by Gasteiger charge is -2.28. The average molecular weight is 289 g/mol. The maximum Gasteiger partial charge on any atom is 0.410 e. The molecule has 0 bridgehead atoms. The Morgan fingerprint density at radius 2 is 2.05 bits per heavy atom. The topological polar surface area (TPSA) is 49.8 Å². The minimum absolute atomic E-state index is 0.0798. The first-order valence-electron chi connectivity index (χ1n) is 7.59. The normalized spacial score (nSPS) is 19.9. The van der Waals surface area contributed by atoms with E-state index in [0.29, 0.717) is 12.3 Å². The molecular formula is C17H23NO3. The molecule has 4 heteroatoms. The molecule has 0 radical (unpaired) electrons. The van der Waals surface area contributed by atoms with Crippen molar-refractivity contribution < 1.29 is 14.6 Å². The molecule has 4 nitrogen and oxygen atoms in total. The van der Waals surface area contributed by atoms with Gasteiger partial charge in [-0.25, -0.2) is 4.79 Å². The van der Waals surface area contributed by atoms with Crippen LogP contribution in [0.15, 0.2) is 18.2 Å². The number of benzene rings is 1. The van der Waals surface area contributed by atoms with Crippen LogP contribution in [0.5, 0.6) is 5.75 Å². The highest BCUT2D eigenvalue weighted by Crippen LogP contribution is 2.51. The van der Waals surface area contributed by atoms with Crippen LogP contribution in [-0.2, 0) is 16.6 Å². The van der Waals surface area contributed by atoms with Crippen LogP contribution in [0, 0.1) is 0 Å². The molecule has 0 aromatic heterocycles. The number of carbonyl (C=O) groups excluding carboxylic acids is 1. The molecule has 21 heavy (non-hydrogen) atoms. The first-order chi connectivity index (χ1) is 9.79. The van der Waals surface area contributed by atoms with Crippen LogP contribution in [0.1, 0.15) is 44.7 Å². The Labute approximate surface area is 125 Å². The zero-order chi connectivity index (χ0) is 15.3. The monoisotopic (exact) mass is 289 g/mol. The van der Waals surface area contributed by atoms with Crippen LogP contribution in [0.4, 0.5) is 4.79 Å². The highest BCUT2D eigenvalue weighted by atomic mass is 16.6. The van der Waals surface area contributed by atoms with Crippen LogP contribution in [0.25, 0.3) is 0 Å². The Balaban J connectivity index is 1.84. The molecule has 3 rings (SSSR count). The molecule has 0 unspecified atom stereocenters. The highest BCUT2D eigenvalue weighted by Gasteiger charge is 2.49. The van der Waals surface area contributed by atoms with Crippen molar-refractivity contribution in [3.8, 4) is 5.75 Å². The van der Waals surface area contributed by atoms with Crippen molar-refractivity contribution in [2.75, 3.05) is 13.1 Å². The van der Waals surface area contributed by atoms with Gasteiger partial charge in [0.25, 0.3) is 0 Å². The van der Waals surface area contributed by atoms with Gasteiger partial charge in [0.05, 0.1) is 0 Å². The number of phenols is 1. The van der Waals surface area contributed by atoms with Gasteiger partial charge in [0, 0.05) is 18.5 Å². The zero-order valence-corrected chi connectivity index (χ0v) is 13.0. The Kier molecular flexibility index (Phi) is 3.15. The number of nitrogens with zero attached hydrogens (tertiary/aromatic N) is 1. The zero-order valence-electron chi connectivity index (χ0n) is 13.0. The summed E-state index contributed by atoms with van der Waals surface area (Å²) in [4.78, 5) is 14.2. The Morgan fingerprint density at radius 3 is 2.67 bits per heavy atom. The van der Waals surface area contributed by atoms with Crippen LogP contribution in [0.3, 0.4) is 0 Å². The summed E-state index contributed by atoms with van der Waals surface area (Å²) in [5.41, 5.74) is 2.08. The summed E-state index contributed by atoms with van der Waals surface area (Å²) in [6.45, 7) is 7.04. The minimum atomic E-state index is -0.467. The summed E-state index contributed by atoms with van der Waals surface area (Å²) < 4.78 is 5.51. The number of ether oxygens (including phenoxy) is 1. The first kappa shape index (κ1) is 14.2. The quantitative estimate of drug-likeness (QED) is 0.798. The van der Waals surface area contributed by atoms with E-state index in [1.807, 2.05) is 37.8 Å². The fraction of sp³-hybridized carbons (Fsp3) is 0.588. The van der Waals surface area contributed by atoms with Crippen molar-refractivity contribution in [1.29, 1.82) is 0 Å². The van der Waals surface area contributed by atoms with Crippen LogP contribution in [-0.4, -0.2) is 34.8 Å². The molecule has 1 aromatic rings. The summed E-state index contributed by atoms with van der Waals surface area (Å²) in [5.74, 6) is 0.301. The van der Waals surface area contributed by atoms with E-state index in [1.54, 1.807) is 6.07 Å². The minimum Gasteiger partial charge on any atom is -0.508 e. The number of hydrogen-bond acceptors (Lipinski definition) is 3.